The summed E-state index contributed by atoms with van der Waals surface area (Å²) in [5.74, 6) is 0.683. The summed E-state index contributed by atoms with van der Waals surface area (Å²) >= 11 is 6.25. The Kier molecular flexibility index (Phi) is 5.85. The summed E-state index contributed by atoms with van der Waals surface area (Å²) in [6, 6.07) is 6.07. The summed E-state index contributed by atoms with van der Waals surface area (Å²) < 4.78 is 7.41. The highest BCUT2D eigenvalue weighted by molar-refractivity contribution is 6.32. The Labute approximate surface area is 143 Å². The van der Waals surface area contributed by atoms with Crippen LogP contribution in [0, 0.1) is 13.8 Å². The third-order valence-corrected chi connectivity index (χ3v) is 4.26. The molecule has 0 spiro atoms. The van der Waals surface area contributed by atoms with Gasteiger partial charge in [0.15, 0.2) is 0 Å². The third kappa shape index (κ3) is 4.15. The van der Waals surface area contributed by atoms with E-state index in [2.05, 4.69) is 30.8 Å². The number of aromatic nitrogens is 2. The quantitative estimate of drug-likeness (QED) is 0.775. The maximum atomic E-state index is 6.25. The van der Waals surface area contributed by atoms with Gasteiger partial charge in [0.05, 0.1) is 10.7 Å². The van der Waals surface area contributed by atoms with E-state index < -0.39 is 0 Å². The second kappa shape index (κ2) is 7.66. The van der Waals surface area contributed by atoms with Crippen molar-refractivity contribution in [1.29, 1.82) is 0 Å². The topological polar surface area (TPSA) is 39.1 Å². The van der Waals surface area contributed by atoms with Crippen molar-refractivity contribution >= 4 is 11.6 Å². The fraction of sp³-hybridized carbons (Fsp3) is 0.389. The molecule has 0 saturated carbocycles. The molecule has 124 valence electrons. The van der Waals surface area contributed by atoms with Crippen LogP contribution in [0.4, 0.5) is 0 Å². The van der Waals surface area contributed by atoms with Gasteiger partial charge in [0.1, 0.15) is 12.4 Å². The fourth-order valence-corrected chi connectivity index (χ4v) is 2.97. The minimum Gasteiger partial charge on any atom is -0.488 e. The monoisotopic (exact) mass is 333 g/mol. The second-order valence-electron chi connectivity index (χ2n) is 5.68. The molecule has 0 fully saturated rings. The van der Waals surface area contributed by atoms with Gasteiger partial charge in [0, 0.05) is 30.9 Å². The van der Waals surface area contributed by atoms with E-state index in [0.29, 0.717) is 17.4 Å². The predicted molar refractivity (Wildman–Crippen MR) is 95.1 cm³/mol. The molecule has 1 aromatic carbocycles. The second-order valence-corrected chi connectivity index (χ2v) is 6.08. The van der Waals surface area contributed by atoms with Gasteiger partial charge < -0.3 is 10.1 Å². The van der Waals surface area contributed by atoms with Gasteiger partial charge in [-0.15, -0.1) is 0 Å². The molecular formula is C18H24ClN3O. The van der Waals surface area contributed by atoms with Crippen molar-refractivity contribution in [3.05, 3.63) is 58.4 Å². The molecule has 0 aliphatic rings. The first-order valence-corrected chi connectivity index (χ1v) is 8.07. The number of halogens is 1. The third-order valence-electron chi connectivity index (χ3n) is 3.96. The Hall–Kier alpha value is -1.78. The van der Waals surface area contributed by atoms with E-state index in [1.165, 1.54) is 11.3 Å². The van der Waals surface area contributed by atoms with Crippen molar-refractivity contribution in [3.8, 4) is 5.75 Å². The normalized spacial score (nSPS) is 12.2. The van der Waals surface area contributed by atoms with Crippen molar-refractivity contribution in [2.45, 2.75) is 33.4 Å². The van der Waals surface area contributed by atoms with Crippen LogP contribution in [0.15, 0.2) is 30.9 Å². The van der Waals surface area contributed by atoms with E-state index >= 15 is 0 Å². The molecule has 0 aliphatic carbocycles. The molecule has 0 amide bonds. The number of rotatable bonds is 7. The number of benzene rings is 1. The van der Waals surface area contributed by atoms with Gasteiger partial charge in [0.25, 0.3) is 0 Å². The van der Waals surface area contributed by atoms with Gasteiger partial charge in [-0.2, -0.15) is 5.10 Å². The lowest BCUT2D eigenvalue weighted by Crippen LogP contribution is -2.19. The SMILES string of the molecule is C=CCOc1ccc(CN[C@@H](C)c2c(C)nn(C)c2C)cc1Cl. The van der Waals surface area contributed by atoms with Gasteiger partial charge in [-0.1, -0.05) is 30.3 Å². The average molecular weight is 334 g/mol. The Morgan fingerprint density at radius 1 is 1.43 bits per heavy atom. The molecule has 1 atom stereocenters. The lowest BCUT2D eigenvalue weighted by atomic mass is 10.1. The maximum Gasteiger partial charge on any atom is 0.138 e. The standard InChI is InChI=1S/C18H24ClN3O/c1-6-9-23-17-8-7-15(10-16(17)19)11-20-12(2)18-13(3)21-22(5)14(18)4/h6-8,10,12,20H,1,9,11H2,2-5H3/t12-/m0/s1. The molecule has 1 heterocycles. The number of ether oxygens (including phenoxy) is 1. The molecule has 0 radical (unpaired) electrons. The molecule has 1 N–H and O–H groups in total. The highest BCUT2D eigenvalue weighted by Crippen LogP contribution is 2.26. The van der Waals surface area contributed by atoms with Crippen LogP contribution in [0.2, 0.25) is 5.02 Å². The molecule has 0 saturated heterocycles. The van der Waals surface area contributed by atoms with Crippen LogP contribution in [0.1, 0.15) is 35.5 Å². The number of hydrogen-bond donors (Lipinski definition) is 1. The summed E-state index contributed by atoms with van der Waals surface area (Å²) in [7, 11) is 1.97. The van der Waals surface area contributed by atoms with Gasteiger partial charge in [-0.05, 0) is 38.5 Å². The largest absolute Gasteiger partial charge is 0.488 e. The summed E-state index contributed by atoms with van der Waals surface area (Å²) in [6.07, 6.45) is 1.70. The van der Waals surface area contributed by atoms with E-state index in [4.69, 9.17) is 16.3 Å². The molecule has 0 aliphatic heterocycles. The zero-order valence-corrected chi connectivity index (χ0v) is 14.9. The van der Waals surface area contributed by atoms with Gasteiger partial charge in [-0.3, -0.25) is 4.68 Å². The number of nitrogens with zero attached hydrogens (tertiary/aromatic N) is 2. The van der Waals surface area contributed by atoms with Gasteiger partial charge >= 0.3 is 0 Å². The Balaban J connectivity index is 2.03. The average Bonchev–Trinajstić information content (AvgIpc) is 2.77. The Bertz CT molecular complexity index is 694. The first-order valence-electron chi connectivity index (χ1n) is 7.69. The lowest BCUT2D eigenvalue weighted by molar-refractivity contribution is 0.363. The highest BCUT2D eigenvalue weighted by Gasteiger charge is 2.15. The first-order chi connectivity index (χ1) is 10.9. The van der Waals surface area contributed by atoms with E-state index in [9.17, 15) is 0 Å². The number of nitrogens with one attached hydrogen (secondary N) is 1. The van der Waals surface area contributed by atoms with E-state index in [1.54, 1.807) is 6.08 Å². The lowest BCUT2D eigenvalue weighted by Gasteiger charge is -2.15. The van der Waals surface area contributed by atoms with Gasteiger partial charge in [0.2, 0.25) is 0 Å². The minimum absolute atomic E-state index is 0.221. The van der Waals surface area contributed by atoms with E-state index in [0.717, 1.165) is 17.8 Å². The predicted octanol–water partition coefficient (Wildman–Crippen LogP) is 4.11. The molecular weight excluding hydrogens is 310 g/mol. The summed E-state index contributed by atoms with van der Waals surface area (Å²) in [4.78, 5) is 0. The van der Waals surface area contributed by atoms with Crippen molar-refractivity contribution in [3.63, 3.8) is 0 Å². The van der Waals surface area contributed by atoms with Crippen LogP contribution in [0.3, 0.4) is 0 Å². The summed E-state index contributed by atoms with van der Waals surface area (Å²) in [5.41, 5.74) is 4.63. The summed E-state index contributed by atoms with van der Waals surface area (Å²) in [5, 5.41) is 8.62. The first kappa shape index (κ1) is 17.6. The highest BCUT2D eigenvalue weighted by atomic mass is 35.5. The van der Waals surface area contributed by atoms with Crippen molar-refractivity contribution < 1.29 is 4.74 Å². The van der Waals surface area contributed by atoms with Crippen LogP contribution in [0.5, 0.6) is 5.75 Å². The van der Waals surface area contributed by atoms with Crippen molar-refractivity contribution in [2.75, 3.05) is 6.61 Å². The molecule has 23 heavy (non-hydrogen) atoms. The van der Waals surface area contributed by atoms with Gasteiger partial charge in [-0.25, -0.2) is 0 Å². The van der Waals surface area contributed by atoms with E-state index in [-0.39, 0.29) is 6.04 Å². The number of aryl methyl sites for hydroxylation is 2. The molecule has 0 unspecified atom stereocenters. The summed E-state index contributed by atoms with van der Waals surface area (Å²) in [6.45, 7) is 11.1. The van der Waals surface area contributed by atoms with Crippen molar-refractivity contribution in [1.82, 2.24) is 15.1 Å². The van der Waals surface area contributed by atoms with Crippen LogP contribution < -0.4 is 10.1 Å². The van der Waals surface area contributed by atoms with E-state index in [1.807, 2.05) is 36.9 Å². The van der Waals surface area contributed by atoms with Crippen LogP contribution >= 0.6 is 11.6 Å². The molecule has 1 aromatic heterocycles. The maximum absolute atomic E-state index is 6.25. The zero-order chi connectivity index (χ0) is 17.0. The molecule has 2 aromatic rings. The zero-order valence-electron chi connectivity index (χ0n) is 14.2. The van der Waals surface area contributed by atoms with Crippen LogP contribution in [-0.2, 0) is 13.6 Å². The smallest absolute Gasteiger partial charge is 0.138 e. The number of hydrogen-bond acceptors (Lipinski definition) is 3. The van der Waals surface area contributed by atoms with Crippen molar-refractivity contribution in [2.24, 2.45) is 7.05 Å². The Morgan fingerprint density at radius 3 is 2.74 bits per heavy atom. The fourth-order valence-electron chi connectivity index (χ4n) is 2.71. The van der Waals surface area contributed by atoms with Crippen LogP contribution in [0.25, 0.3) is 0 Å². The minimum atomic E-state index is 0.221. The van der Waals surface area contributed by atoms with Crippen LogP contribution in [-0.4, -0.2) is 16.4 Å². The molecule has 4 nitrogen and oxygen atoms in total. The molecule has 2 rings (SSSR count). The Morgan fingerprint density at radius 2 is 2.17 bits per heavy atom. The molecule has 0 bridgehead atoms. The molecule has 5 heteroatoms.